The van der Waals surface area contributed by atoms with E-state index in [-0.39, 0.29) is 6.61 Å². The Hall–Kier alpha value is -1.35. The van der Waals surface area contributed by atoms with E-state index in [1.165, 1.54) is 0 Å². The largest absolute Gasteiger partial charge is 0.479 e. The maximum absolute atomic E-state index is 8.51. The van der Waals surface area contributed by atoms with E-state index in [4.69, 9.17) is 31.1 Å². The van der Waals surface area contributed by atoms with Gasteiger partial charge in [-0.05, 0) is 0 Å². The van der Waals surface area contributed by atoms with E-state index in [9.17, 15) is 0 Å². The molecule has 96 valence electrons. The first kappa shape index (κ1) is 13.1. The van der Waals surface area contributed by atoms with Gasteiger partial charge in [0.25, 0.3) is 0 Å². The Kier molecular flexibility index (Phi) is 4.02. The Morgan fingerprint density at radius 3 is 3.06 bits per heavy atom. The van der Waals surface area contributed by atoms with Gasteiger partial charge in [-0.1, -0.05) is 11.6 Å². The van der Waals surface area contributed by atoms with Crippen molar-refractivity contribution in [2.24, 2.45) is 0 Å². The Bertz CT molecular complexity index is 467. The summed E-state index contributed by atoms with van der Waals surface area (Å²) in [6, 6.07) is 5.21. The molecule has 0 saturated carbocycles. The van der Waals surface area contributed by atoms with Crippen molar-refractivity contribution in [3.05, 3.63) is 23.0 Å². The van der Waals surface area contributed by atoms with Gasteiger partial charge < -0.3 is 14.2 Å². The van der Waals surface area contributed by atoms with Crippen LogP contribution in [-0.4, -0.2) is 31.9 Å². The Labute approximate surface area is 110 Å². The topological polar surface area (TPSA) is 64.4 Å². The van der Waals surface area contributed by atoms with Gasteiger partial charge in [0.2, 0.25) is 0 Å². The Morgan fingerprint density at radius 2 is 2.44 bits per heavy atom. The number of hydrogen-bond acceptors (Lipinski definition) is 5. The third kappa shape index (κ3) is 2.56. The van der Waals surface area contributed by atoms with Gasteiger partial charge in [-0.15, -0.1) is 0 Å². The Balaban J connectivity index is 2.32. The third-order valence-electron chi connectivity index (χ3n) is 2.91. The highest BCUT2D eigenvalue weighted by molar-refractivity contribution is 6.29. The summed E-state index contributed by atoms with van der Waals surface area (Å²) in [7, 11) is 1.62. The fourth-order valence-electron chi connectivity index (χ4n) is 1.92. The quantitative estimate of drug-likeness (QED) is 0.781. The number of rotatable bonds is 4. The number of aromatic nitrogens is 1. The van der Waals surface area contributed by atoms with Crippen LogP contribution in [0.2, 0.25) is 5.15 Å². The summed E-state index contributed by atoms with van der Waals surface area (Å²) in [5.74, 6) is 0.509. The van der Waals surface area contributed by atoms with Crippen LogP contribution in [0.4, 0.5) is 0 Å². The molecule has 0 unspecified atom stereocenters. The van der Waals surface area contributed by atoms with Gasteiger partial charge in [0, 0.05) is 32.3 Å². The molecule has 1 aromatic rings. The van der Waals surface area contributed by atoms with Crippen molar-refractivity contribution < 1.29 is 14.2 Å². The predicted molar refractivity (Wildman–Crippen MR) is 64.5 cm³/mol. The van der Waals surface area contributed by atoms with Gasteiger partial charge in [-0.25, -0.2) is 4.98 Å². The van der Waals surface area contributed by atoms with Crippen LogP contribution in [-0.2, 0) is 15.1 Å². The number of ether oxygens (including phenoxy) is 3. The summed E-state index contributed by atoms with van der Waals surface area (Å²) in [4.78, 5) is 4.26. The highest BCUT2D eigenvalue weighted by Gasteiger charge is 2.38. The van der Waals surface area contributed by atoms with Crippen LogP contribution >= 0.6 is 11.6 Å². The molecule has 6 heteroatoms. The van der Waals surface area contributed by atoms with Gasteiger partial charge in [0.15, 0.2) is 6.61 Å². The summed E-state index contributed by atoms with van der Waals surface area (Å²) in [6.45, 7) is 1.03. The molecule has 1 atom stereocenters. The highest BCUT2D eigenvalue weighted by Crippen LogP contribution is 2.35. The SMILES string of the molecule is CO[C@@]1(c2cc(OCC#N)cc(Cl)n2)CCOC1. The van der Waals surface area contributed by atoms with Crippen molar-refractivity contribution in [2.45, 2.75) is 12.0 Å². The van der Waals surface area contributed by atoms with Crippen molar-refractivity contribution in [1.29, 1.82) is 5.26 Å². The Morgan fingerprint density at radius 1 is 1.61 bits per heavy atom. The van der Waals surface area contributed by atoms with Crippen molar-refractivity contribution in [2.75, 3.05) is 26.9 Å². The van der Waals surface area contributed by atoms with Crippen molar-refractivity contribution in [3.63, 3.8) is 0 Å². The fourth-order valence-corrected chi connectivity index (χ4v) is 2.12. The minimum absolute atomic E-state index is 0.0315. The van der Waals surface area contributed by atoms with E-state index in [1.807, 2.05) is 6.07 Å². The monoisotopic (exact) mass is 268 g/mol. The van der Waals surface area contributed by atoms with Crippen LogP contribution in [0.5, 0.6) is 5.75 Å². The van der Waals surface area contributed by atoms with Crippen LogP contribution in [0.3, 0.4) is 0 Å². The molecule has 1 aliphatic rings. The predicted octanol–water partition coefficient (Wildman–Crippen LogP) is 1.90. The van der Waals surface area contributed by atoms with Crippen molar-refractivity contribution in [1.82, 2.24) is 4.98 Å². The zero-order chi connectivity index (χ0) is 13.0. The minimum atomic E-state index is -0.574. The second-order valence-electron chi connectivity index (χ2n) is 3.96. The molecule has 1 saturated heterocycles. The van der Waals surface area contributed by atoms with Gasteiger partial charge in [-0.2, -0.15) is 5.26 Å². The number of pyridine rings is 1. The zero-order valence-corrected chi connectivity index (χ0v) is 10.7. The first-order chi connectivity index (χ1) is 8.70. The van der Waals surface area contributed by atoms with Gasteiger partial charge in [-0.3, -0.25) is 0 Å². The maximum Gasteiger partial charge on any atom is 0.174 e. The molecule has 0 bridgehead atoms. The first-order valence-corrected chi connectivity index (χ1v) is 5.89. The van der Waals surface area contributed by atoms with Crippen molar-refractivity contribution in [3.8, 4) is 11.8 Å². The second-order valence-corrected chi connectivity index (χ2v) is 4.35. The highest BCUT2D eigenvalue weighted by atomic mass is 35.5. The molecular weight excluding hydrogens is 256 g/mol. The molecule has 1 aliphatic heterocycles. The van der Waals surface area contributed by atoms with E-state index >= 15 is 0 Å². The van der Waals surface area contributed by atoms with Crippen LogP contribution < -0.4 is 4.74 Å². The number of methoxy groups -OCH3 is 1. The lowest BCUT2D eigenvalue weighted by atomic mass is 9.98. The van der Waals surface area contributed by atoms with Crippen LogP contribution in [0.1, 0.15) is 12.1 Å². The summed E-state index contributed by atoms with van der Waals surface area (Å²) < 4.78 is 16.1. The molecule has 1 aromatic heterocycles. The number of hydrogen-bond donors (Lipinski definition) is 0. The van der Waals surface area contributed by atoms with Crippen LogP contribution in [0.15, 0.2) is 12.1 Å². The van der Waals surface area contributed by atoms with Gasteiger partial charge in [0.05, 0.1) is 12.3 Å². The molecule has 2 heterocycles. The smallest absolute Gasteiger partial charge is 0.174 e. The van der Waals surface area contributed by atoms with Crippen LogP contribution in [0.25, 0.3) is 0 Å². The zero-order valence-electron chi connectivity index (χ0n) is 9.98. The molecule has 0 aromatic carbocycles. The van der Waals surface area contributed by atoms with E-state index in [0.29, 0.717) is 36.2 Å². The van der Waals surface area contributed by atoms with E-state index < -0.39 is 5.60 Å². The molecule has 2 rings (SSSR count). The van der Waals surface area contributed by atoms with E-state index in [1.54, 1.807) is 19.2 Å². The van der Waals surface area contributed by atoms with Crippen molar-refractivity contribution >= 4 is 11.6 Å². The number of nitriles is 1. The lowest BCUT2D eigenvalue weighted by molar-refractivity contribution is -0.0247. The minimum Gasteiger partial charge on any atom is -0.479 e. The molecule has 18 heavy (non-hydrogen) atoms. The number of halogens is 1. The lowest BCUT2D eigenvalue weighted by Gasteiger charge is -2.25. The average Bonchev–Trinajstić information content (AvgIpc) is 2.85. The second kappa shape index (κ2) is 5.53. The van der Waals surface area contributed by atoms with Gasteiger partial charge in [0.1, 0.15) is 22.6 Å². The fraction of sp³-hybridized carbons (Fsp3) is 0.500. The summed E-state index contributed by atoms with van der Waals surface area (Å²) in [5.41, 5.74) is 0.0956. The molecule has 0 spiro atoms. The maximum atomic E-state index is 8.51. The third-order valence-corrected chi connectivity index (χ3v) is 3.11. The average molecular weight is 269 g/mol. The molecule has 0 amide bonds. The molecule has 0 N–H and O–H groups in total. The molecule has 5 nitrogen and oxygen atoms in total. The summed E-state index contributed by atoms with van der Waals surface area (Å²) >= 11 is 5.96. The molecule has 0 radical (unpaired) electrons. The normalized spacial score (nSPS) is 22.7. The first-order valence-electron chi connectivity index (χ1n) is 5.51. The number of nitrogens with zero attached hydrogens (tertiary/aromatic N) is 2. The van der Waals surface area contributed by atoms with E-state index in [0.717, 1.165) is 0 Å². The van der Waals surface area contributed by atoms with Crippen LogP contribution in [0, 0.1) is 11.3 Å². The van der Waals surface area contributed by atoms with E-state index in [2.05, 4.69) is 4.98 Å². The van der Waals surface area contributed by atoms with Gasteiger partial charge >= 0.3 is 0 Å². The summed E-state index contributed by atoms with van der Waals surface area (Å²) in [5, 5.41) is 8.82. The molecule has 0 aliphatic carbocycles. The standard InChI is InChI=1S/C12H13ClN2O3/c1-16-12(2-4-17-8-12)10-6-9(18-5-3-14)7-11(13)15-10/h6-7H,2,4-5,8H2,1H3/t12-/m0/s1. The lowest BCUT2D eigenvalue weighted by Crippen LogP contribution is -2.30. The molecular formula is C12H13ClN2O3. The molecule has 1 fully saturated rings. The summed E-state index contributed by atoms with van der Waals surface area (Å²) in [6.07, 6.45) is 0.717.